The van der Waals surface area contributed by atoms with Crippen LogP contribution in [0.5, 0.6) is 11.5 Å². The van der Waals surface area contributed by atoms with E-state index in [1.807, 2.05) is 0 Å². The summed E-state index contributed by atoms with van der Waals surface area (Å²) in [5, 5.41) is 12.8. The van der Waals surface area contributed by atoms with Crippen molar-refractivity contribution in [2.24, 2.45) is 5.73 Å². The van der Waals surface area contributed by atoms with Crippen molar-refractivity contribution in [3.05, 3.63) is 70.6 Å². The summed E-state index contributed by atoms with van der Waals surface area (Å²) >= 11 is 1.20. The van der Waals surface area contributed by atoms with Crippen molar-refractivity contribution in [2.45, 2.75) is 29.5 Å². The maximum absolute atomic E-state index is 13.2. The predicted molar refractivity (Wildman–Crippen MR) is 132 cm³/mol. The van der Waals surface area contributed by atoms with E-state index in [0.29, 0.717) is 49.2 Å². The standard InChI is InChI=1S/C24H27N3O5S2/c1-32-22-4-2-3-20(24(25)29)21(22)15-19-9-10-23(33-19)34(30,31)27-13-11-17(12-14-27)26-16-5-7-18(28)8-6-16/h2-10,17,26,28H,11-15H2,1H3,(H2,25,29). The van der Waals surface area contributed by atoms with Crippen LogP contribution >= 0.6 is 11.3 Å². The molecule has 34 heavy (non-hydrogen) atoms. The molecule has 0 spiro atoms. The summed E-state index contributed by atoms with van der Waals surface area (Å²) in [6, 6.07) is 15.5. The number of rotatable bonds is 8. The van der Waals surface area contributed by atoms with Crippen molar-refractivity contribution in [2.75, 3.05) is 25.5 Å². The molecule has 0 aliphatic carbocycles. The number of phenols is 1. The molecular weight excluding hydrogens is 474 g/mol. The van der Waals surface area contributed by atoms with Crippen molar-refractivity contribution in [1.29, 1.82) is 0 Å². The minimum absolute atomic E-state index is 0.160. The molecule has 0 unspecified atom stereocenters. The maximum atomic E-state index is 13.2. The second kappa shape index (κ2) is 10.0. The molecule has 0 saturated carbocycles. The van der Waals surface area contributed by atoms with Gasteiger partial charge in [0.05, 0.1) is 7.11 Å². The van der Waals surface area contributed by atoms with E-state index in [1.54, 1.807) is 54.6 Å². The third kappa shape index (κ3) is 5.19. The van der Waals surface area contributed by atoms with Gasteiger partial charge < -0.3 is 20.9 Å². The normalized spacial score (nSPS) is 15.2. The molecule has 2 heterocycles. The van der Waals surface area contributed by atoms with Crippen LogP contribution in [0.25, 0.3) is 0 Å². The zero-order valence-corrected chi connectivity index (χ0v) is 20.4. The highest BCUT2D eigenvalue weighted by Crippen LogP contribution is 2.32. The lowest BCUT2D eigenvalue weighted by Crippen LogP contribution is -2.42. The van der Waals surface area contributed by atoms with Crippen LogP contribution in [0.3, 0.4) is 0 Å². The van der Waals surface area contributed by atoms with E-state index in [1.165, 1.54) is 22.8 Å². The molecule has 0 radical (unpaired) electrons. The van der Waals surface area contributed by atoms with E-state index in [4.69, 9.17) is 10.5 Å². The number of methoxy groups -OCH3 is 1. The van der Waals surface area contributed by atoms with E-state index >= 15 is 0 Å². The quantitative estimate of drug-likeness (QED) is 0.407. The molecule has 1 saturated heterocycles. The minimum Gasteiger partial charge on any atom is -0.508 e. The fraction of sp³-hybridized carbons (Fsp3) is 0.292. The third-order valence-electron chi connectivity index (χ3n) is 5.89. The van der Waals surface area contributed by atoms with E-state index in [0.717, 1.165) is 10.6 Å². The zero-order chi connectivity index (χ0) is 24.3. The smallest absolute Gasteiger partial charge is 0.252 e. The number of anilines is 1. The summed E-state index contributed by atoms with van der Waals surface area (Å²) in [6.07, 6.45) is 1.71. The molecule has 2 aromatic carbocycles. The van der Waals surface area contributed by atoms with Gasteiger partial charge in [-0.05, 0) is 61.4 Å². The van der Waals surface area contributed by atoms with Gasteiger partial charge in [-0.2, -0.15) is 4.31 Å². The highest BCUT2D eigenvalue weighted by molar-refractivity contribution is 7.91. The number of ether oxygens (including phenoxy) is 1. The Morgan fingerprint density at radius 2 is 1.85 bits per heavy atom. The number of hydrogen-bond donors (Lipinski definition) is 3. The van der Waals surface area contributed by atoms with Gasteiger partial charge in [-0.3, -0.25) is 4.79 Å². The molecule has 1 aliphatic rings. The first-order chi connectivity index (χ1) is 16.3. The van der Waals surface area contributed by atoms with Crippen LogP contribution in [0, 0.1) is 0 Å². The number of amides is 1. The Morgan fingerprint density at radius 1 is 1.15 bits per heavy atom. The molecule has 1 fully saturated rings. The summed E-state index contributed by atoms with van der Waals surface area (Å²) in [5.74, 6) is 0.192. The van der Waals surface area contributed by atoms with Gasteiger partial charge in [-0.25, -0.2) is 8.42 Å². The number of thiophene rings is 1. The van der Waals surface area contributed by atoms with Gasteiger partial charge >= 0.3 is 0 Å². The SMILES string of the molecule is COc1cccc(C(N)=O)c1Cc1ccc(S(=O)(=O)N2CCC(Nc3ccc(O)cc3)CC2)s1. The van der Waals surface area contributed by atoms with Crippen LogP contribution in [-0.2, 0) is 16.4 Å². The van der Waals surface area contributed by atoms with Crippen molar-refractivity contribution >= 4 is 33.0 Å². The fourth-order valence-corrected chi connectivity index (χ4v) is 7.09. The number of phenolic OH excluding ortho intramolecular Hbond substituents is 1. The molecular formula is C24H27N3O5S2. The van der Waals surface area contributed by atoms with E-state index in [9.17, 15) is 18.3 Å². The second-order valence-corrected chi connectivity index (χ2v) is 11.5. The lowest BCUT2D eigenvalue weighted by Gasteiger charge is -2.31. The molecule has 4 rings (SSSR count). The Balaban J connectivity index is 1.44. The van der Waals surface area contributed by atoms with Crippen molar-refractivity contribution in [1.82, 2.24) is 4.31 Å². The number of aromatic hydroxyl groups is 1. The molecule has 10 heteroatoms. The number of benzene rings is 2. The second-order valence-electron chi connectivity index (χ2n) is 8.12. The van der Waals surface area contributed by atoms with Crippen LogP contribution in [0.2, 0.25) is 0 Å². The van der Waals surface area contributed by atoms with Crippen LogP contribution in [0.1, 0.15) is 33.6 Å². The molecule has 8 nitrogen and oxygen atoms in total. The number of piperidine rings is 1. The highest BCUT2D eigenvalue weighted by Gasteiger charge is 2.30. The van der Waals surface area contributed by atoms with E-state index in [-0.39, 0.29) is 16.0 Å². The topological polar surface area (TPSA) is 122 Å². The number of nitrogens with one attached hydrogen (secondary N) is 1. The monoisotopic (exact) mass is 501 g/mol. The summed E-state index contributed by atoms with van der Waals surface area (Å²) in [5.41, 5.74) is 7.42. The third-order valence-corrected chi connectivity index (χ3v) is 9.34. The Bertz CT molecular complexity index is 1260. The molecule has 1 amide bonds. The van der Waals surface area contributed by atoms with Crippen LogP contribution in [0.4, 0.5) is 5.69 Å². The Labute approximate surface area is 203 Å². The summed E-state index contributed by atoms with van der Waals surface area (Å²) in [7, 11) is -2.09. The Hall–Kier alpha value is -3.08. The van der Waals surface area contributed by atoms with E-state index in [2.05, 4.69) is 5.32 Å². The number of primary amides is 1. The molecule has 180 valence electrons. The lowest BCUT2D eigenvalue weighted by molar-refractivity contribution is 0.0999. The molecule has 1 aliphatic heterocycles. The van der Waals surface area contributed by atoms with E-state index < -0.39 is 15.9 Å². The number of carbonyl (C=O) groups excluding carboxylic acids is 1. The molecule has 3 aromatic rings. The lowest BCUT2D eigenvalue weighted by atomic mass is 10.0. The van der Waals surface area contributed by atoms with Gasteiger partial charge in [0.15, 0.2) is 0 Å². The predicted octanol–water partition coefficient (Wildman–Crippen LogP) is 3.42. The van der Waals surface area contributed by atoms with Crippen LogP contribution in [0.15, 0.2) is 58.8 Å². The molecule has 4 N–H and O–H groups in total. The zero-order valence-electron chi connectivity index (χ0n) is 18.7. The van der Waals surface area contributed by atoms with Gasteiger partial charge in [0.2, 0.25) is 5.91 Å². The van der Waals surface area contributed by atoms with Gasteiger partial charge in [0.1, 0.15) is 15.7 Å². The van der Waals surface area contributed by atoms with Crippen molar-refractivity contribution in [3.8, 4) is 11.5 Å². The van der Waals surface area contributed by atoms with Crippen molar-refractivity contribution < 1.29 is 23.1 Å². The average Bonchev–Trinajstić information content (AvgIpc) is 3.30. The maximum Gasteiger partial charge on any atom is 0.252 e. The van der Waals surface area contributed by atoms with Gasteiger partial charge in [-0.15, -0.1) is 11.3 Å². The number of carbonyl (C=O) groups is 1. The first-order valence-corrected chi connectivity index (χ1v) is 13.1. The summed E-state index contributed by atoms with van der Waals surface area (Å²) in [4.78, 5) is 12.7. The first-order valence-electron chi connectivity index (χ1n) is 10.9. The number of nitrogens with zero attached hydrogens (tertiary/aromatic N) is 1. The fourth-order valence-electron chi connectivity index (χ4n) is 4.10. The van der Waals surface area contributed by atoms with Crippen LogP contribution < -0.4 is 15.8 Å². The highest BCUT2D eigenvalue weighted by atomic mass is 32.2. The molecule has 1 aromatic heterocycles. The van der Waals surface area contributed by atoms with Crippen LogP contribution in [-0.4, -0.2) is 50.0 Å². The number of sulfonamides is 1. The first kappa shape index (κ1) is 24.1. The average molecular weight is 502 g/mol. The summed E-state index contributed by atoms with van der Waals surface area (Å²) < 4.78 is 33.7. The number of hydrogen-bond acceptors (Lipinski definition) is 7. The summed E-state index contributed by atoms with van der Waals surface area (Å²) in [6.45, 7) is 0.841. The van der Waals surface area contributed by atoms with Crippen molar-refractivity contribution in [3.63, 3.8) is 0 Å². The largest absolute Gasteiger partial charge is 0.508 e. The molecule has 0 bridgehead atoms. The van der Waals surface area contributed by atoms with Gasteiger partial charge in [0.25, 0.3) is 10.0 Å². The van der Waals surface area contributed by atoms with Gasteiger partial charge in [0, 0.05) is 47.2 Å². The minimum atomic E-state index is -3.61. The van der Waals surface area contributed by atoms with Gasteiger partial charge in [-0.1, -0.05) is 6.07 Å². The number of nitrogens with two attached hydrogens (primary N) is 1. The Kier molecular flexibility index (Phi) is 7.11. The molecule has 0 atom stereocenters. The Morgan fingerprint density at radius 3 is 2.50 bits per heavy atom.